The first-order valence-corrected chi connectivity index (χ1v) is 12.3. The lowest BCUT2D eigenvalue weighted by Gasteiger charge is -2.31. The predicted octanol–water partition coefficient (Wildman–Crippen LogP) is 3.47. The molecule has 4 rings (SSSR count). The molecule has 1 fully saturated rings. The molecule has 2 heterocycles. The minimum atomic E-state index is -3.54. The first-order valence-electron chi connectivity index (χ1n) is 10.8. The zero-order valence-electron chi connectivity index (χ0n) is 18.1. The van der Waals surface area contributed by atoms with E-state index in [4.69, 9.17) is 0 Å². The molecular formula is C24H28N4O3S. The van der Waals surface area contributed by atoms with Crippen LogP contribution in [-0.4, -0.2) is 41.5 Å². The van der Waals surface area contributed by atoms with Crippen molar-refractivity contribution in [2.45, 2.75) is 37.6 Å². The van der Waals surface area contributed by atoms with Crippen molar-refractivity contribution in [1.29, 1.82) is 0 Å². The summed E-state index contributed by atoms with van der Waals surface area (Å²) in [6, 6.07) is 16.7. The van der Waals surface area contributed by atoms with Gasteiger partial charge in [-0.3, -0.25) is 9.48 Å². The summed E-state index contributed by atoms with van der Waals surface area (Å²) in [6.07, 6.45) is 6.18. The van der Waals surface area contributed by atoms with E-state index < -0.39 is 10.0 Å². The van der Waals surface area contributed by atoms with Crippen LogP contribution in [0, 0.1) is 12.8 Å². The van der Waals surface area contributed by atoms with Gasteiger partial charge in [0.05, 0.1) is 11.1 Å². The number of carbonyl (C=O) groups excluding carboxylic acids is 1. The maximum atomic E-state index is 13.1. The van der Waals surface area contributed by atoms with Crippen molar-refractivity contribution in [2.24, 2.45) is 5.92 Å². The monoisotopic (exact) mass is 452 g/mol. The van der Waals surface area contributed by atoms with E-state index in [1.165, 1.54) is 5.56 Å². The molecule has 1 amide bonds. The number of nitrogens with zero attached hydrogens (tertiary/aromatic N) is 3. The van der Waals surface area contributed by atoms with E-state index >= 15 is 0 Å². The van der Waals surface area contributed by atoms with Gasteiger partial charge < -0.3 is 5.32 Å². The number of sulfonamides is 1. The van der Waals surface area contributed by atoms with Crippen LogP contribution < -0.4 is 5.32 Å². The van der Waals surface area contributed by atoms with Gasteiger partial charge in [-0.1, -0.05) is 30.3 Å². The van der Waals surface area contributed by atoms with Crippen LogP contribution in [0.25, 0.3) is 0 Å². The van der Waals surface area contributed by atoms with Crippen molar-refractivity contribution in [3.63, 3.8) is 0 Å². The fourth-order valence-corrected chi connectivity index (χ4v) is 5.53. The molecule has 1 aliphatic rings. The van der Waals surface area contributed by atoms with Crippen LogP contribution in [0.1, 0.15) is 24.0 Å². The second-order valence-electron chi connectivity index (χ2n) is 8.33. The maximum Gasteiger partial charge on any atom is 0.246 e. The average Bonchev–Trinajstić information content (AvgIpc) is 3.19. The summed E-state index contributed by atoms with van der Waals surface area (Å²) in [5.41, 5.74) is 2.84. The van der Waals surface area contributed by atoms with Crippen LogP contribution in [0.2, 0.25) is 0 Å². The summed E-state index contributed by atoms with van der Waals surface area (Å²) >= 11 is 0. The van der Waals surface area contributed by atoms with E-state index in [2.05, 4.69) is 22.5 Å². The van der Waals surface area contributed by atoms with E-state index in [0.717, 1.165) is 24.8 Å². The smallest absolute Gasteiger partial charge is 0.246 e. The lowest BCUT2D eigenvalue weighted by molar-refractivity contribution is -0.116. The van der Waals surface area contributed by atoms with Gasteiger partial charge in [0.2, 0.25) is 15.9 Å². The number of benzene rings is 2. The van der Waals surface area contributed by atoms with Crippen molar-refractivity contribution in [3.8, 4) is 0 Å². The van der Waals surface area contributed by atoms with E-state index in [-0.39, 0.29) is 17.3 Å². The molecule has 0 bridgehead atoms. The van der Waals surface area contributed by atoms with Crippen LogP contribution in [0.15, 0.2) is 71.9 Å². The Labute approximate surface area is 189 Å². The number of aryl methyl sites for hydroxylation is 1. The fourth-order valence-electron chi connectivity index (χ4n) is 4.06. The molecule has 0 aliphatic carbocycles. The summed E-state index contributed by atoms with van der Waals surface area (Å²) in [6.45, 7) is 3.07. The quantitative estimate of drug-likeness (QED) is 0.595. The van der Waals surface area contributed by atoms with Crippen LogP contribution >= 0.6 is 0 Å². The zero-order valence-corrected chi connectivity index (χ0v) is 19.0. The third kappa shape index (κ3) is 5.44. The van der Waals surface area contributed by atoms with Gasteiger partial charge >= 0.3 is 0 Å². The summed E-state index contributed by atoms with van der Waals surface area (Å²) in [5.74, 6) is 0.282. The van der Waals surface area contributed by atoms with Crippen LogP contribution in [0.4, 0.5) is 5.69 Å². The number of anilines is 1. The molecule has 2 aromatic carbocycles. The van der Waals surface area contributed by atoms with Crippen molar-refractivity contribution in [1.82, 2.24) is 14.1 Å². The minimum absolute atomic E-state index is 0.103. The van der Waals surface area contributed by atoms with Gasteiger partial charge in [-0.05, 0) is 67.5 Å². The third-order valence-electron chi connectivity index (χ3n) is 5.78. The third-order valence-corrected chi connectivity index (χ3v) is 7.70. The Bertz CT molecular complexity index is 1150. The highest BCUT2D eigenvalue weighted by Gasteiger charge is 2.29. The molecule has 0 atom stereocenters. The number of rotatable bonds is 7. The molecule has 168 valence electrons. The van der Waals surface area contributed by atoms with Crippen LogP contribution in [0.3, 0.4) is 0 Å². The molecule has 0 saturated carbocycles. The van der Waals surface area contributed by atoms with Crippen molar-refractivity contribution < 1.29 is 13.2 Å². The first-order chi connectivity index (χ1) is 15.4. The Balaban J connectivity index is 1.32. The number of hydrogen-bond acceptors (Lipinski definition) is 4. The zero-order chi connectivity index (χ0) is 22.6. The van der Waals surface area contributed by atoms with Crippen molar-refractivity contribution in [3.05, 3.63) is 78.1 Å². The maximum absolute atomic E-state index is 13.1. The molecule has 1 aliphatic heterocycles. The summed E-state index contributed by atoms with van der Waals surface area (Å²) < 4.78 is 29.2. The van der Waals surface area contributed by atoms with Gasteiger partial charge in [0.1, 0.15) is 6.54 Å². The highest BCUT2D eigenvalue weighted by Crippen LogP contribution is 2.26. The van der Waals surface area contributed by atoms with Crippen molar-refractivity contribution in [2.75, 3.05) is 18.4 Å². The molecule has 3 aromatic rings. The standard InChI is InChI=1S/C24H28N4O3S/c1-19-16-25-27(17-19)18-24(29)26-22-7-9-23(10-8-22)32(30,31)28-13-11-21(12-14-28)15-20-5-3-2-4-6-20/h2-10,16-17,21H,11-15,18H2,1H3,(H,26,29). The summed E-state index contributed by atoms with van der Waals surface area (Å²) in [7, 11) is -3.54. The van der Waals surface area contributed by atoms with Gasteiger partial charge in [0, 0.05) is 25.0 Å². The van der Waals surface area contributed by atoms with Gasteiger partial charge in [-0.2, -0.15) is 9.40 Å². The molecule has 1 N–H and O–H groups in total. The molecule has 7 nitrogen and oxygen atoms in total. The highest BCUT2D eigenvalue weighted by molar-refractivity contribution is 7.89. The lowest BCUT2D eigenvalue weighted by Crippen LogP contribution is -2.38. The topological polar surface area (TPSA) is 84.3 Å². The van der Waals surface area contributed by atoms with E-state index in [1.807, 2.05) is 25.1 Å². The Hall–Kier alpha value is -2.97. The second-order valence-corrected chi connectivity index (χ2v) is 10.3. The van der Waals surface area contributed by atoms with Gasteiger partial charge in [0.25, 0.3) is 0 Å². The van der Waals surface area contributed by atoms with Gasteiger partial charge in [-0.25, -0.2) is 8.42 Å². The normalized spacial score (nSPS) is 15.5. The molecular weight excluding hydrogens is 424 g/mol. The summed E-state index contributed by atoms with van der Waals surface area (Å²) in [4.78, 5) is 12.4. The fraction of sp³-hybridized carbons (Fsp3) is 0.333. The molecule has 0 radical (unpaired) electrons. The average molecular weight is 453 g/mol. The van der Waals surface area contributed by atoms with E-state index in [1.54, 1.807) is 45.6 Å². The number of carbonyl (C=O) groups is 1. The molecule has 1 saturated heterocycles. The summed E-state index contributed by atoms with van der Waals surface area (Å²) in [5, 5.41) is 6.87. The first kappa shape index (κ1) is 22.2. The number of piperidine rings is 1. The number of hydrogen-bond donors (Lipinski definition) is 1. The Kier molecular flexibility index (Phi) is 6.72. The number of aromatic nitrogens is 2. The highest BCUT2D eigenvalue weighted by atomic mass is 32.2. The Morgan fingerprint density at radius 1 is 1.06 bits per heavy atom. The Morgan fingerprint density at radius 2 is 1.75 bits per heavy atom. The van der Waals surface area contributed by atoms with Crippen molar-refractivity contribution >= 4 is 21.6 Å². The molecule has 1 aromatic heterocycles. The SMILES string of the molecule is Cc1cnn(CC(=O)Nc2ccc(S(=O)(=O)N3CCC(Cc4ccccc4)CC3)cc2)c1. The molecule has 8 heteroatoms. The largest absolute Gasteiger partial charge is 0.324 e. The van der Waals surface area contributed by atoms with Gasteiger partial charge in [0.15, 0.2) is 0 Å². The minimum Gasteiger partial charge on any atom is -0.324 e. The number of nitrogens with one attached hydrogen (secondary N) is 1. The lowest BCUT2D eigenvalue weighted by atomic mass is 9.91. The van der Waals surface area contributed by atoms with Crippen LogP contribution in [-0.2, 0) is 27.8 Å². The molecule has 0 unspecified atom stereocenters. The van der Waals surface area contributed by atoms with E-state index in [0.29, 0.717) is 24.7 Å². The predicted molar refractivity (Wildman–Crippen MR) is 124 cm³/mol. The molecule has 32 heavy (non-hydrogen) atoms. The van der Waals surface area contributed by atoms with Gasteiger partial charge in [-0.15, -0.1) is 0 Å². The van der Waals surface area contributed by atoms with Crippen LogP contribution in [0.5, 0.6) is 0 Å². The Morgan fingerprint density at radius 3 is 2.38 bits per heavy atom. The second kappa shape index (κ2) is 9.67. The number of amides is 1. The molecule has 0 spiro atoms. The van der Waals surface area contributed by atoms with E-state index in [9.17, 15) is 13.2 Å².